The Balaban J connectivity index is 0.00000235. The Hall–Kier alpha value is -3.95. The lowest BCUT2D eigenvalue weighted by Crippen LogP contribution is -2.38. The Morgan fingerprint density at radius 2 is 1.86 bits per heavy atom. The maximum Gasteiger partial charge on any atom is 0.269 e. The lowest BCUT2D eigenvalue weighted by molar-refractivity contribution is -0.133. The number of ether oxygens (including phenoxy) is 1. The van der Waals surface area contributed by atoms with E-state index in [-0.39, 0.29) is 29.0 Å². The van der Waals surface area contributed by atoms with Crippen molar-refractivity contribution in [3.8, 4) is 5.75 Å². The fourth-order valence-corrected chi connectivity index (χ4v) is 3.13. The van der Waals surface area contributed by atoms with Crippen molar-refractivity contribution in [1.29, 1.82) is 5.41 Å². The van der Waals surface area contributed by atoms with Gasteiger partial charge in [-0.2, -0.15) is 0 Å². The molecule has 0 aliphatic heterocycles. The van der Waals surface area contributed by atoms with Gasteiger partial charge in [0, 0.05) is 36.9 Å². The summed E-state index contributed by atoms with van der Waals surface area (Å²) in [6.07, 6.45) is 7.36. The average molecular weight is 516 g/mol. The maximum atomic E-state index is 12.8. The van der Waals surface area contributed by atoms with Crippen LogP contribution in [0.5, 0.6) is 5.75 Å². The highest BCUT2D eigenvalue weighted by molar-refractivity contribution is 6.01. The first-order chi connectivity index (χ1) is 17.5. The number of para-hydroxylation sites is 1. The van der Waals surface area contributed by atoms with Crippen molar-refractivity contribution < 1.29 is 14.3 Å². The SMILES string of the molecule is CC/C=C/N.CCCN(C(=O)C(C)CC)/C(N)=C/C(Nc1cccc(C(C)=N)c1OC)=C(\N)C(=O)NC. The van der Waals surface area contributed by atoms with E-state index in [4.69, 9.17) is 27.3 Å². The predicted octanol–water partition coefficient (Wildman–Crippen LogP) is 3.36. The minimum atomic E-state index is -0.509. The van der Waals surface area contributed by atoms with Crippen LogP contribution in [0.4, 0.5) is 5.69 Å². The molecule has 1 unspecified atom stereocenters. The summed E-state index contributed by atoms with van der Waals surface area (Å²) >= 11 is 0. The highest BCUT2D eigenvalue weighted by Crippen LogP contribution is 2.30. The van der Waals surface area contributed by atoms with Gasteiger partial charge in [-0.25, -0.2) is 0 Å². The fraction of sp³-hybridized carbons (Fsp3) is 0.444. The minimum absolute atomic E-state index is 0.0972. The Kier molecular flexibility index (Phi) is 15.6. The summed E-state index contributed by atoms with van der Waals surface area (Å²) in [7, 11) is 2.96. The molecule has 1 aromatic rings. The molecule has 0 radical (unpaired) electrons. The summed E-state index contributed by atoms with van der Waals surface area (Å²) < 4.78 is 5.50. The summed E-state index contributed by atoms with van der Waals surface area (Å²) in [5.41, 5.74) is 18.9. The van der Waals surface area contributed by atoms with Crippen molar-refractivity contribution in [2.24, 2.45) is 23.1 Å². The van der Waals surface area contributed by atoms with Crippen LogP contribution in [-0.4, -0.2) is 43.1 Å². The zero-order valence-electron chi connectivity index (χ0n) is 23.3. The van der Waals surface area contributed by atoms with Crippen molar-refractivity contribution in [3.05, 3.63) is 59.3 Å². The molecule has 0 aromatic heterocycles. The first kappa shape index (κ1) is 33.0. The van der Waals surface area contributed by atoms with Crippen LogP contribution < -0.4 is 32.6 Å². The van der Waals surface area contributed by atoms with Crippen LogP contribution in [0.1, 0.15) is 59.4 Å². The highest BCUT2D eigenvalue weighted by atomic mass is 16.5. The van der Waals surface area contributed by atoms with E-state index in [1.807, 2.05) is 33.8 Å². The number of anilines is 1. The molecule has 0 bridgehead atoms. The maximum absolute atomic E-state index is 12.8. The van der Waals surface area contributed by atoms with E-state index in [1.54, 1.807) is 31.3 Å². The van der Waals surface area contributed by atoms with Crippen molar-refractivity contribution in [1.82, 2.24) is 10.2 Å². The zero-order chi connectivity index (χ0) is 28.5. The number of nitrogens with zero attached hydrogens (tertiary/aromatic N) is 1. The average Bonchev–Trinajstić information content (AvgIpc) is 2.89. The number of rotatable bonds is 12. The van der Waals surface area contributed by atoms with Gasteiger partial charge in [0.2, 0.25) is 5.91 Å². The number of benzene rings is 1. The van der Waals surface area contributed by atoms with Crippen LogP contribution >= 0.6 is 0 Å². The van der Waals surface area contributed by atoms with Gasteiger partial charge < -0.3 is 38.0 Å². The number of nitrogens with one attached hydrogen (secondary N) is 3. The van der Waals surface area contributed by atoms with Crippen LogP contribution in [0.25, 0.3) is 0 Å². The number of carbonyl (C=O) groups excluding carboxylic acids is 2. The molecule has 0 aliphatic carbocycles. The molecule has 10 nitrogen and oxygen atoms in total. The van der Waals surface area contributed by atoms with Crippen molar-refractivity contribution in [2.75, 3.05) is 26.0 Å². The van der Waals surface area contributed by atoms with Crippen LogP contribution in [0.15, 0.2) is 53.8 Å². The zero-order valence-corrected chi connectivity index (χ0v) is 23.3. The normalized spacial score (nSPS) is 12.6. The van der Waals surface area contributed by atoms with E-state index in [1.165, 1.54) is 25.1 Å². The molecule has 0 spiro atoms. The lowest BCUT2D eigenvalue weighted by Gasteiger charge is -2.26. The van der Waals surface area contributed by atoms with Gasteiger partial charge in [0.1, 0.15) is 11.5 Å². The quantitative estimate of drug-likeness (QED) is 0.141. The molecule has 1 aromatic carbocycles. The van der Waals surface area contributed by atoms with E-state index in [9.17, 15) is 9.59 Å². The minimum Gasteiger partial charge on any atom is -0.494 e. The number of amides is 2. The third-order valence-electron chi connectivity index (χ3n) is 5.38. The third-order valence-corrected chi connectivity index (χ3v) is 5.38. The van der Waals surface area contributed by atoms with E-state index in [2.05, 4.69) is 10.6 Å². The molecule has 37 heavy (non-hydrogen) atoms. The van der Waals surface area contributed by atoms with Crippen LogP contribution in [0.2, 0.25) is 0 Å². The Morgan fingerprint density at radius 1 is 1.22 bits per heavy atom. The van der Waals surface area contributed by atoms with Gasteiger partial charge in [-0.1, -0.05) is 39.8 Å². The number of methoxy groups -OCH3 is 1. The standard InChI is InChI=1S/C23H36N6O3.C4H9N/c1-7-12-29(23(31)14(3)8-2)19(25)13-18(20(26)22(30)27-5)28-17-11-9-10-16(15(4)24)21(17)32-6;1-2-3-4-5/h9-11,13-14,24,28H,7-8,12,25-26H2,1-6H3,(H,27,30);3-4H,2,5H2,1H3/b19-13+,20-18+,24-15?;4-3+. The second-order valence-corrected chi connectivity index (χ2v) is 8.25. The molecule has 1 rings (SSSR count). The fourth-order valence-electron chi connectivity index (χ4n) is 3.13. The van der Waals surface area contributed by atoms with Gasteiger partial charge in [0.05, 0.1) is 18.5 Å². The van der Waals surface area contributed by atoms with Gasteiger partial charge in [-0.05, 0) is 44.5 Å². The van der Waals surface area contributed by atoms with E-state index >= 15 is 0 Å². The summed E-state index contributed by atoms with van der Waals surface area (Å²) in [4.78, 5) is 26.6. The van der Waals surface area contributed by atoms with Crippen molar-refractivity contribution in [3.63, 3.8) is 0 Å². The second-order valence-electron chi connectivity index (χ2n) is 8.25. The molecule has 0 saturated carbocycles. The molecule has 9 N–H and O–H groups in total. The number of allylic oxidation sites excluding steroid dienone is 2. The monoisotopic (exact) mass is 515 g/mol. The van der Waals surface area contributed by atoms with Gasteiger partial charge >= 0.3 is 0 Å². The summed E-state index contributed by atoms with van der Waals surface area (Å²) in [6.45, 7) is 9.87. The molecule has 0 saturated heterocycles. The van der Waals surface area contributed by atoms with Gasteiger partial charge in [0.25, 0.3) is 5.91 Å². The van der Waals surface area contributed by atoms with Crippen molar-refractivity contribution >= 4 is 23.2 Å². The number of hydrogen-bond acceptors (Lipinski definition) is 8. The topological polar surface area (TPSA) is 173 Å². The first-order valence-electron chi connectivity index (χ1n) is 12.4. The smallest absolute Gasteiger partial charge is 0.269 e. The molecule has 10 heteroatoms. The first-order valence-corrected chi connectivity index (χ1v) is 12.4. The van der Waals surface area contributed by atoms with Crippen LogP contribution in [0, 0.1) is 11.3 Å². The van der Waals surface area contributed by atoms with Gasteiger partial charge in [-0.3, -0.25) is 14.5 Å². The van der Waals surface area contributed by atoms with E-state index in [0.29, 0.717) is 42.1 Å². The summed E-state index contributed by atoms with van der Waals surface area (Å²) in [5.74, 6) is -0.206. The molecule has 0 heterocycles. The Morgan fingerprint density at radius 3 is 2.30 bits per heavy atom. The van der Waals surface area contributed by atoms with Gasteiger partial charge in [0.15, 0.2) is 5.75 Å². The highest BCUT2D eigenvalue weighted by Gasteiger charge is 2.22. The Labute approximate surface area is 221 Å². The largest absolute Gasteiger partial charge is 0.494 e. The summed E-state index contributed by atoms with van der Waals surface area (Å²) in [6, 6.07) is 5.26. The number of nitrogens with two attached hydrogens (primary N) is 3. The third kappa shape index (κ3) is 10.3. The molecule has 0 fully saturated rings. The van der Waals surface area contributed by atoms with Crippen LogP contribution in [0.3, 0.4) is 0 Å². The van der Waals surface area contributed by atoms with Gasteiger partial charge in [-0.15, -0.1) is 0 Å². The van der Waals surface area contributed by atoms with E-state index < -0.39 is 5.91 Å². The molecule has 206 valence electrons. The number of carbonyl (C=O) groups is 2. The molecule has 1 atom stereocenters. The lowest BCUT2D eigenvalue weighted by atomic mass is 10.1. The molecule has 0 aliphatic rings. The summed E-state index contributed by atoms with van der Waals surface area (Å²) in [5, 5.41) is 13.6. The molecular formula is C27H45N7O3. The predicted molar refractivity (Wildman–Crippen MR) is 152 cm³/mol. The number of likely N-dealkylation sites (N-methyl/N-ethyl adjacent to an activating group) is 1. The molecule has 2 amide bonds. The van der Waals surface area contributed by atoms with E-state index in [0.717, 1.165) is 6.42 Å². The van der Waals surface area contributed by atoms with Crippen LogP contribution in [-0.2, 0) is 9.59 Å². The Bertz CT molecular complexity index is 1000. The second kappa shape index (κ2) is 17.5. The van der Waals surface area contributed by atoms with Crippen molar-refractivity contribution in [2.45, 2.75) is 53.9 Å². The molecular weight excluding hydrogens is 470 g/mol. The number of hydrogen-bond donors (Lipinski definition) is 6.